The highest BCUT2D eigenvalue weighted by Crippen LogP contribution is 2.36. The molecule has 1 atom stereocenters. The van der Waals surface area contributed by atoms with Crippen molar-refractivity contribution in [1.29, 1.82) is 0 Å². The molecule has 1 aliphatic rings. The summed E-state index contributed by atoms with van der Waals surface area (Å²) in [6.07, 6.45) is -2.23. The van der Waals surface area contributed by atoms with E-state index in [4.69, 9.17) is 0 Å². The molecular weight excluding hydrogens is 179 g/mol. The van der Waals surface area contributed by atoms with Crippen LogP contribution in [0.25, 0.3) is 0 Å². The Hall–Kier alpha value is -0.250. The molecule has 0 amide bonds. The highest BCUT2D eigenvalue weighted by molar-refractivity contribution is 4.79. The molecular formula is C9H16F3N. The summed E-state index contributed by atoms with van der Waals surface area (Å²) in [5, 5.41) is 2.84. The predicted octanol–water partition coefficient (Wildman–Crippen LogP) is 2.57. The lowest BCUT2D eigenvalue weighted by molar-refractivity contribution is -0.133. The van der Waals surface area contributed by atoms with Gasteiger partial charge in [0.1, 0.15) is 0 Å². The van der Waals surface area contributed by atoms with Crippen molar-refractivity contribution in [2.24, 2.45) is 11.8 Å². The standard InChI is InChI=1S/C9H16F3N/c1-7(8-2-3-8)6-13-5-4-9(10,11)12/h7-8,13H,2-6H2,1H3. The third-order valence-corrected chi connectivity index (χ3v) is 2.48. The Morgan fingerprint density at radius 3 is 2.46 bits per heavy atom. The van der Waals surface area contributed by atoms with Crippen LogP contribution in [0.1, 0.15) is 26.2 Å². The number of nitrogens with one attached hydrogen (secondary N) is 1. The Labute approximate surface area is 76.7 Å². The maximum Gasteiger partial charge on any atom is 0.390 e. The minimum absolute atomic E-state index is 0.0561. The topological polar surface area (TPSA) is 12.0 Å². The van der Waals surface area contributed by atoms with E-state index in [9.17, 15) is 13.2 Å². The molecule has 1 saturated carbocycles. The lowest BCUT2D eigenvalue weighted by atomic mass is 10.1. The zero-order chi connectivity index (χ0) is 9.90. The van der Waals surface area contributed by atoms with Crippen LogP contribution < -0.4 is 5.32 Å². The monoisotopic (exact) mass is 195 g/mol. The molecule has 0 saturated heterocycles. The van der Waals surface area contributed by atoms with Crippen molar-refractivity contribution >= 4 is 0 Å². The third kappa shape index (κ3) is 5.13. The zero-order valence-corrected chi connectivity index (χ0v) is 7.82. The molecule has 1 rings (SSSR count). The van der Waals surface area contributed by atoms with E-state index in [0.29, 0.717) is 5.92 Å². The average Bonchev–Trinajstić information content (AvgIpc) is 2.77. The van der Waals surface area contributed by atoms with Crippen LogP contribution in [-0.4, -0.2) is 19.3 Å². The summed E-state index contributed by atoms with van der Waals surface area (Å²) in [6.45, 7) is 2.87. The minimum atomic E-state index is -4.02. The van der Waals surface area contributed by atoms with Gasteiger partial charge in [-0.3, -0.25) is 0 Å². The summed E-state index contributed by atoms with van der Waals surface area (Å²) in [4.78, 5) is 0. The van der Waals surface area contributed by atoms with E-state index < -0.39 is 12.6 Å². The van der Waals surface area contributed by atoms with Crippen molar-refractivity contribution in [1.82, 2.24) is 5.32 Å². The molecule has 0 heterocycles. The molecule has 0 aromatic rings. The van der Waals surface area contributed by atoms with E-state index in [1.165, 1.54) is 12.8 Å². The first-order chi connectivity index (χ1) is 5.99. The molecule has 0 bridgehead atoms. The molecule has 0 aromatic carbocycles. The van der Waals surface area contributed by atoms with Crippen molar-refractivity contribution < 1.29 is 13.2 Å². The zero-order valence-electron chi connectivity index (χ0n) is 7.82. The lowest BCUT2D eigenvalue weighted by Crippen LogP contribution is -2.26. The van der Waals surface area contributed by atoms with Crippen molar-refractivity contribution in [3.8, 4) is 0 Å². The van der Waals surface area contributed by atoms with Crippen LogP contribution in [0.15, 0.2) is 0 Å². The van der Waals surface area contributed by atoms with Gasteiger partial charge in [-0.25, -0.2) is 0 Å². The molecule has 0 radical (unpaired) electrons. The molecule has 78 valence electrons. The summed E-state index contributed by atoms with van der Waals surface area (Å²) < 4.78 is 35.1. The molecule has 1 nitrogen and oxygen atoms in total. The van der Waals surface area contributed by atoms with E-state index in [-0.39, 0.29) is 6.54 Å². The van der Waals surface area contributed by atoms with Gasteiger partial charge in [-0.15, -0.1) is 0 Å². The molecule has 1 N–H and O–H groups in total. The SMILES string of the molecule is CC(CNCCC(F)(F)F)C1CC1. The molecule has 13 heavy (non-hydrogen) atoms. The van der Waals surface area contributed by atoms with Crippen molar-refractivity contribution in [2.45, 2.75) is 32.4 Å². The quantitative estimate of drug-likeness (QED) is 0.665. The molecule has 0 aliphatic heterocycles. The Morgan fingerprint density at radius 2 is 2.00 bits per heavy atom. The number of halogens is 3. The normalized spacial score (nSPS) is 20.3. The molecule has 0 aromatic heterocycles. The van der Waals surface area contributed by atoms with E-state index in [2.05, 4.69) is 12.2 Å². The van der Waals surface area contributed by atoms with Crippen LogP contribution in [0.5, 0.6) is 0 Å². The molecule has 1 unspecified atom stereocenters. The largest absolute Gasteiger partial charge is 0.390 e. The second-order valence-corrected chi connectivity index (χ2v) is 3.88. The van der Waals surface area contributed by atoms with Gasteiger partial charge in [-0.05, 0) is 31.2 Å². The smallest absolute Gasteiger partial charge is 0.316 e. The highest BCUT2D eigenvalue weighted by atomic mass is 19.4. The number of rotatable bonds is 5. The number of hydrogen-bond acceptors (Lipinski definition) is 1. The molecule has 1 fully saturated rings. The molecule has 1 aliphatic carbocycles. The summed E-state index contributed by atoms with van der Waals surface area (Å²) in [5.41, 5.74) is 0. The van der Waals surface area contributed by atoms with E-state index in [1.54, 1.807) is 0 Å². The van der Waals surface area contributed by atoms with Crippen molar-refractivity contribution in [2.75, 3.05) is 13.1 Å². The minimum Gasteiger partial charge on any atom is -0.316 e. The van der Waals surface area contributed by atoms with Gasteiger partial charge in [0.2, 0.25) is 0 Å². The van der Waals surface area contributed by atoms with Crippen LogP contribution >= 0.6 is 0 Å². The Kier molecular flexibility index (Phi) is 3.59. The fraction of sp³-hybridized carbons (Fsp3) is 1.00. The lowest BCUT2D eigenvalue weighted by Gasteiger charge is -2.12. The first kappa shape index (κ1) is 10.8. The van der Waals surface area contributed by atoms with Gasteiger partial charge < -0.3 is 5.32 Å². The van der Waals surface area contributed by atoms with Gasteiger partial charge in [-0.1, -0.05) is 6.92 Å². The van der Waals surface area contributed by atoms with E-state index in [0.717, 1.165) is 12.5 Å². The number of hydrogen-bond donors (Lipinski definition) is 1. The summed E-state index contributed by atoms with van der Waals surface area (Å²) >= 11 is 0. The number of alkyl halides is 3. The van der Waals surface area contributed by atoms with Crippen LogP contribution in [0.4, 0.5) is 13.2 Å². The van der Waals surface area contributed by atoms with Gasteiger partial charge in [0.25, 0.3) is 0 Å². The highest BCUT2D eigenvalue weighted by Gasteiger charge is 2.28. The van der Waals surface area contributed by atoms with Crippen molar-refractivity contribution in [3.63, 3.8) is 0 Å². The fourth-order valence-electron chi connectivity index (χ4n) is 1.39. The second kappa shape index (κ2) is 4.31. The van der Waals surface area contributed by atoms with Gasteiger partial charge in [0, 0.05) is 6.54 Å². The molecule has 4 heteroatoms. The van der Waals surface area contributed by atoms with Crippen LogP contribution in [0.2, 0.25) is 0 Å². The fourth-order valence-corrected chi connectivity index (χ4v) is 1.39. The maximum atomic E-state index is 11.7. The Bertz CT molecular complexity index is 151. The van der Waals surface area contributed by atoms with Crippen molar-refractivity contribution in [3.05, 3.63) is 0 Å². The van der Waals surface area contributed by atoms with Gasteiger partial charge in [0.15, 0.2) is 0 Å². The van der Waals surface area contributed by atoms with E-state index in [1.807, 2.05) is 0 Å². The Balaban J connectivity index is 1.94. The Morgan fingerprint density at radius 1 is 1.38 bits per heavy atom. The van der Waals surface area contributed by atoms with Crippen LogP contribution in [0, 0.1) is 11.8 Å². The second-order valence-electron chi connectivity index (χ2n) is 3.88. The summed E-state index contributed by atoms with van der Waals surface area (Å²) in [5.74, 6) is 1.30. The van der Waals surface area contributed by atoms with Gasteiger partial charge in [0.05, 0.1) is 6.42 Å². The van der Waals surface area contributed by atoms with Crippen LogP contribution in [-0.2, 0) is 0 Å². The maximum absolute atomic E-state index is 11.7. The van der Waals surface area contributed by atoms with Gasteiger partial charge >= 0.3 is 6.18 Å². The summed E-state index contributed by atoms with van der Waals surface area (Å²) in [6, 6.07) is 0. The average molecular weight is 195 g/mol. The van der Waals surface area contributed by atoms with Crippen LogP contribution in [0.3, 0.4) is 0 Å². The molecule has 0 spiro atoms. The predicted molar refractivity (Wildman–Crippen MR) is 45.4 cm³/mol. The van der Waals surface area contributed by atoms with E-state index >= 15 is 0 Å². The summed E-state index contributed by atoms with van der Waals surface area (Å²) in [7, 11) is 0. The van der Waals surface area contributed by atoms with Gasteiger partial charge in [-0.2, -0.15) is 13.2 Å². The first-order valence-electron chi connectivity index (χ1n) is 4.76. The first-order valence-corrected chi connectivity index (χ1v) is 4.76. The third-order valence-electron chi connectivity index (χ3n) is 2.48.